The van der Waals surface area contributed by atoms with E-state index in [1.165, 1.54) is 25.7 Å². The van der Waals surface area contributed by atoms with Crippen LogP contribution in [0.4, 0.5) is 11.6 Å². The first-order chi connectivity index (χ1) is 9.24. The van der Waals surface area contributed by atoms with Gasteiger partial charge < -0.3 is 15.8 Å². The summed E-state index contributed by atoms with van der Waals surface area (Å²) in [4.78, 5) is 9.01. The number of hydrogen-bond acceptors (Lipinski definition) is 5. The maximum Gasteiger partial charge on any atom is 0.136 e. The first kappa shape index (κ1) is 12.7. The minimum absolute atomic E-state index is 0.300. The van der Waals surface area contributed by atoms with Crippen molar-refractivity contribution in [3.8, 4) is 0 Å². The Bertz CT molecular complexity index is 453. The zero-order chi connectivity index (χ0) is 13.2. The van der Waals surface area contributed by atoms with Gasteiger partial charge in [0, 0.05) is 24.6 Å². The molecule has 1 saturated carbocycles. The molecule has 1 aromatic heterocycles. The molecule has 0 spiro atoms. The van der Waals surface area contributed by atoms with Crippen LogP contribution in [0.1, 0.15) is 49.4 Å². The standard InChI is InChI=1S/C14H22N4O/c1-9-12(15)17-14(10-5-6-10)18-13(9)16-8-11-4-2-3-7-19-11/h10-11H,2-8H2,1H3,(H3,15,16,17,18). The molecular formula is C14H22N4O. The quantitative estimate of drug-likeness (QED) is 0.870. The highest BCUT2D eigenvalue weighted by atomic mass is 16.5. The summed E-state index contributed by atoms with van der Waals surface area (Å²) in [5, 5.41) is 3.39. The third-order valence-corrected chi connectivity index (χ3v) is 3.91. The molecule has 5 heteroatoms. The van der Waals surface area contributed by atoms with E-state index >= 15 is 0 Å². The van der Waals surface area contributed by atoms with E-state index in [1.54, 1.807) is 0 Å². The molecule has 0 bridgehead atoms. The highest BCUT2D eigenvalue weighted by Gasteiger charge is 2.28. The van der Waals surface area contributed by atoms with Crippen molar-refractivity contribution in [2.24, 2.45) is 0 Å². The zero-order valence-corrected chi connectivity index (χ0v) is 11.5. The van der Waals surface area contributed by atoms with Crippen LogP contribution in [-0.4, -0.2) is 29.2 Å². The molecule has 1 unspecified atom stereocenters. The third kappa shape index (κ3) is 2.97. The van der Waals surface area contributed by atoms with Gasteiger partial charge in [-0.3, -0.25) is 0 Å². The van der Waals surface area contributed by atoms with Crippen LogP contribution in [0, 0.1) is 6.92 Å². The number of anilines is 2. The van der Waals surface area contributed by atoms with Gasteiger partial charge in [0.15, 0.2) is 0 Å². The second-order valence-corrected chi connectivity index (χ2v) is 5.58. The second kappa shape index (κ2) is 5.33. The highest BCUT2D eigenvalue weighted by molar-refractivity contribution is 5.55. The van der Waals surface area contributed by atoms with Crippen LogP contribution in [0.5, 0.6) is 0 Å². The minimum atomic E-state index is 0.300. The molecule has 2 heterocycles. The number of hydrogen-bond donors (Lipinski definition) is 2. The van der Waals surface area contributed by atoms with Gasteiger partial charge in [0.05, 0.1) is 6.10 Å². The lowest BCUT2D eigenvalue weighted by atomic mass is 10.1. The fourth-order valence-corrected chi connectivity index (χ4v) is 2.43. The van der Waals surface area contributed by atoms with Crippen molar-refractivity contribution in [3.05, 3.63) is 11.4 Å². The van der Waals surface area contributed by atoms with Crippen LogP contribution in [0.15, 0.2) is 0 Å². The number of nitrogens with one attached hydrogen (secondary N) is 1. The summed E-state index contributed by atoms with van der Waals surface area (Å²) in [5.41, 5.74) is 6.92. The van der Waals surface area contributed by atoms with Gasteiger partial charge in [-0.05, 0) is 39.0 Å². The van der Waals surface area contributed by atoms with Gasteiger partial charge in [0.25, 0.3) is 0 Å². The van der Waals surface area contributed by atoms with Crippen molar-refractivity contribution < 1.29 is 4.74 Å². The lowest BCUT2D eigenvalue weighted by molar-refractivity contribution is 0.0247. The van der Waals surface area contributed by atoms with E-state index in [0.29, 0.717) is 17.8 Å². The minimum Gasteiger partial charge on any atom is -0.383 e. The maximum atomic E-state index is 5.97. The number of nitrogens with two attached hydrogens (primary N) is 1. The van der Waals surface area contributed by atoms with Crippen molar-refractivity contribution in [2.45, 2.75) is 51.0 Å². The average Bonchev–Trinajstić information content (AvgIpc) is 3.26. The number of nitrogens with zero attached hydrogens (tertiary/aromatic N) is 2. The molecule has 0 radical (unpaired) electrons. The van der Waals surface area contributed by atoms with Gasteiger partial charge in [-0.25, -0.2) is 9.97 Å². The number of aromatic nitrogens is 2. The van der Waals surface area contributed by atoms with Crippen molar-refractivity contribution in [1.82, 2.24) is 9.97 Å². The van der Waals surface area contributed by atoms with Crippen LogP contribution >= 0.6 is 0 Å². The van der Waals surface area contributed by atoms with E-state index < -0.39 is 0 Å². The van der Waals surface area contributed by atoms with Crippen molar-refractivity contribution in [1.29, 1.82) is 0 Å². The Hall–Kier alpha value is -1.36. The molecule has 19 heavy (non-hydrogen) atoms. The molecule has 2 aliphatic rings. The molecule has 0 amide bonds. The molecule has 1 atom stereocenters. The highest BCUT2D eigenvalue weighted by Crippen LogP contribution is 2.39. The lowest BCUT2D eigenvalue weighted by Gasteiger charge is -2.23. The smallest absolute Gasteiger partial charge is 0.136 e. The molecule has 3 rings (SSSR count). The summed E-state index contributed by atoms with van der Waals surface area (Å²) in [6, 6.07) is 0. The van der Waals surface area contributed by atoms with Crippen molar-refractivity contribution >= 4 is 11.6 Å². The molecule has 1 aliphatic heterocycles. The third-order valence-electron chi connectivity index (χ3n) is 3.91. The molecule has 3 N–H and O–H groups in total. The Labute approximate surface area is 114 Å². The van der Waals surface area contributed by atoms with Crippen LogP contribution in [0.25, 0.3) is 0 Å². The van der Waals surface area contributed by atoms with Crippen LogP contribution in [0.2, 0.25) is 0 Å². The van der Waals surface area contributed by atoms with Crippen LogP contribution in [0.3, 0.4) is 0 Å². The SMILES string of the molecule is Cc1c(N)nc(C2CC2)nc1NCC1CCCCO1. The normalized spacial score (nSPS) is 23.3. The summed E-state index contributed by atoms with van der Waals surface area (Å²) in [5.74, 6) is 2.90. The predicted molar refractivity (Wildman–Crippen MR) is 75.2 cm³/mol. The topological polar surface area (TPSA) is 73.1 Å². The lowest BCUT2D eigenvalue weighted by Crippen LogP contribution is -2.27. The summed E-state index contributed by atoms with van der Waals surface area (Å²) in [7, 11) is 0. The molecule has 1 aliphatic carbocycles. The zero-order valence-electron chi connectivity index (χ0n) is 11.5. The molecule has 1 saturated heterocycles. The molecule has 1 aromatic rings. The summed E-state index contributed by atoms with van der Waals surface area (Å²) >= 11 is 0. The van der Waals surface area contributed by atoms with E-state index in [2.05, 4.69) is 15.3 Å². The molecule has 0 aromatic carbocycles. The molecule has 5 nitrogen and oxygen atoms in total. The van der Waals surface area contributed by atoms with E-state index in [1.807, 2.05) is 6.92 Å². The Kier molecular flexibility index (Phi) is 3.55. The average molecular weight is 262 g/mol. The summed E-state index contributed by atoms with van der Waals surface area (Å²) in [6.45, 7) is 3.65. The first-order valence-corrected chi connectivity index (χ1v) is 7.23. The Morgan fingerprint density at radius 1 is 1.26 bits per heavy atom. The van der Waals surface area contributed by atoms with Gasteiger partial charge in [-0.15, -0.1) is 0 Å². The Morgan fingerprint density at radius 2 is 2.11 bits per heavy atom. The number of ether oxygens (including phenoxy) is 1. The predicted octanol–water partition coefficient (Wildman–Crippen LogP) is 2.23. The van der Waals surface area contributed by atoms with Crippen molar-refractivity contribution in [2.75, 3.05) is 24.2 Å². The van der Waals surface area contributed by atoms with Gasteiger partial charge >= 0.3 is 0 Å². The fourth-order valence-electron chi connectivity index (χ4n) is 2.43. The van der Waals surface area contributed by atoms with Crippen molar-refractivity contribution in [3.63, 3.8) is 0 Å². The van der Waals surface area contributed by atoms with Gasteiger partial charge in [-0.2, -0.15) is 0 Å². The van der Waals surface area contributed by atoms with Gasteiger partial charge in [0.2, 0.25) is 0 Å². The number of nitrogen functional groups attached to an aromatic ring is 1. The van der Waals surface area contributed by atoms with Gasteiger partial charge in [0.1, 0.15) is 17.5 Å². The molecular weight excluding hydrogens is 240 g/mol. The Balaban J connectivity index is 1.68. The fraction of sp³-hybridized carbons (Fsp3) is 0.714. The Morgan fingerprint density at radius 3 is 2.79 bits per heavy atom. The molecule has 104 valence electrons. The first-order valence-electron chi connectivity index (χ1n) is 7.23. The maximum absolute atomic E-state index is 5.97. The largest absolute Gasteiger partial charge is 0.383 e. The van der Waals surface area contributed by atoms with E-state index in [0.717, 1.165) is 36.8 Å². The monoisotopic (exact) mass is 262 g/mol. The van der Waals surface area contributed by atoms with E-state index in [9.17, 15) is 0 Å². The number of rotatable bonds is 4. The molecule has 2 fully saturated rings. The van der Waals surface area contributed by atoms with Crippen LogP contribution < -0.4 is 11.1 Å². The van der Waals surface area contributed by atoms with E-state index in [4.69, 9.17) is 10.5 Å². The summed E-state index contributed by atoms with van der Waals surface area (Å²) < 4.78 is 5.72. The van der Waals surface area contributed by atoms with Gasteiger partial charge in [-0.1, -0.05) is 0 Å². The summed E-state index contributed by atoms with van der Waals surface area (Å²) in [6.07, 6.45) is 6.24. The second-order valence-electron chi connectivity index (χ2n) is 5.58. The van der Waals surface area contributed by atoms with Crippen LogP contribution in [-0.2, 0) is 4.74 Å². The van der Waals surface area contributed by atoms with E-state index in [-0.39, 0.29) is 0 Å².